The summed E-state index contributed by atoms with van der Waals surface area (Å²) in [6.07, 6.45) is 0. The van der Waals surface area contributed by atoms with Gasteiger partial charge >= 0.3 is 0 Å². The van der Waals surface area contributed by atoms with Crippen molar-refractivity contribution in [2.24, 2.45) is 0 Å². The molecular weight excluding hydrogens is 394 g/mol. The molecule has 0 spiro atoms. The van der Waals surface area contributed by atoms with Gasteiger partial charge in [0.15, 0.2) is 11.0 Å². The number of halogens is 1. The number of thioether (sulfide) groups is 1. The molecule has 6 nitrogen and oxygen atoms in total. The summed E-state index contributed by atoms with van der Waals surface area (Å²) >= 11 is 7.31. The highest BCUT2D eigenvalue weighted by atomic mass is 35.5. The van der Waals surface area contributed by atoms with E-state index in [2.05, 4.69) is 27.6 Å². The summed E-state index contributed by atoms with van der Waals surface area (Å²) in [5, 5.41) is 12.8. The van der Waals surface area contributed by atoms with Gasteiger partial charge in [-0.25, -0.2) is 0 Å². The van der Waals surface area contributed by atoms with E-state index >= 15 is 0 Å². The van der Waals surface area contributed by atoms with Crippen molar-refractivity contribution < 1.29 is 4.79 Å². The number of carbonyl (C=O) groups is 1. The molecule has 3 aromatic rings. The average Bonchev–Trinajstić information content (AvgIpc) is 3.09. The Bertz CT molecular complexity index is 955. The van der Waals surface area contributed by atoms with Gasteiger partial charge in [0.05, 0.1) is 5.75 Å². The lowest BCUT2D eigenvalue weighted by Crippen LogP contribution is -2.14. The summed E-state index contributed by atoms with van der Waals surface area (Å²) < 4.78 is 2.02. The van der Waals surface area contributed by atoms with E-state index in [0.717, 1.165) is 28.8 Å². The largest absolute Gasteiger partial charge is 0.378 e. The molecule has 0 aliphatic rings. The van der Waals surface area contributed by atoms with E-state index in [0.29, 0.717) is 10.7 Å². The standard InChI is InChI=1S/C20H22ClN5OS/c1-4-26-19(14-8-10-17(11-9-14)25(2)3)23-24-20(26)28-13-18(27)22-16-7-5-6-15(21)12-16/h5-12H,4,13H2,1-3H3,(H,22,27). The average molecular weight is 416 g/mol. The zero-order valence-corrected chi connectivity index (χ0v) is 17.6. The van der Waals surface area contributed by atoms with Gasteiger partial charge in [-0.3, -0.25) is 4.79 Å². The fourth-order valence-electron chi connectivity index (χ4n) is 2.70. The first-order chi connectivity index (χ1) is 13.5. The molecule has 2 aromatic carbocycles. The van der Waals surface area contributed by atoms with Gasteiger partial charge in [-0.1, -0.05) is 29.4 Å². The third-order valence-electron chi connectivity index (χ3n) is 4.12. The fraction of sp³-hybridized carbons (Fsp3) is 0.250. The number of rotatable bonds is 7. The zero-order valence-electron chi connectivity index (χ0n) is 16.0. The van der Waals surface area contributed by atoms with Gasteiger partial charge in [-0.15, -0.1) is 10.2 Å². The molecule has 1 aromatic heterocycles. The molecule has 146 valence electrons. The second-order valence-corrected chi connectivity index (χ2v) is 7.72. The number of nitrogens with zero attached hydrogens (tertiary/aromatic N) is 4. The van der Waals surface area contributed by atoms with E-state index in [1.54, 1.807) is 24.3 Å². The van der Waals surface area contributed by atoms with Crippen LogP contribution in [-0.2, 0) is 11.3 Å². The van der Waals surface area contributed by atoms with Gasteiger partial charge in [0.25, 0.3) is 0 Å². The first kappa shape index (κ1) is 20.2. The van der Waals surface area contributed by atoms with Crippen LogP contribution in [0.4, 0.5) is 11.4 Å². The highest BCUT2D eigenvalue weighted by molar-refractivity contribution is 7.99. The lowest BCUT2D eigenvalue weighted by Gasteiger charge is -2.13. The Morgan fingerprint density at radius 1 is 1.18 bits per heavy atom. The van der Waals surface area contributed by atoms with Crippen molar-refractivity contribution in [1.82, 2.24) is 14.8 Å². The topological polar surface area (TPSA) is 63.1 Å². The number of aromatic nitrogens is 3. The lowest BCUT2D eigenvalue weighted by molar-refractivity contribution is -0.113. The van der Waals surface area contributed by atoms with Crippen molar-refractivity contribution in [2.45, 2.75) is 18.6 Å². The lowest BCUT2D eigenvalue weighted by atomic mass is 10.2. The molecule has 1 amide bonds. The molecule has 3 rings (SSSR count). The minimum Gasteiger partial charge on any atom is -0.378 e. The van der Waals surface area contributed by atoms with Crippen LogP contribution in [0, 0.1) is 0 Å². The third-order valence-corrected chi connectivity index (χ3v) is 5.32. The van der Waals surface area contributed by atoms with E-state index in [-0.39, 0.29) is 11.7 Å². The summed E-state index contributed by atoms with van der Waals surface area (Å²) in [5.41, 5.74) is 2.80. The minimum atomic E-state index is -0.116. The Morgan fingerprint density at radius 2 is 1.93 bits per heavy atom. The second kappa shape index (κ2) is 9.12. The SMILES string of the molecule is CCn1c(SCC(=O)Nc2cccc(Cl)c2)nnc1-c1ccc(N(C)C)cc1. The van der Waals surface area contributed by atoms with Gasteiger partial charge in [0, 0.05) is 42.6 Å². The van der Waals surface area contributed by atoms with Crippen molar-refractivity contribution in [2.75, 3.05) is 30.1 Å². The Labute approximate surface area is 173 Å². The van der Waals surface area contributed by atoms with Crippen LogP contribution in [0.2, 0.25) is 5.02 Å². The molecule has 0 saturated carbocycles. The minimum absolute atomic E-state index is 0.116. The summed E-state index contributed by atoms with van der Waals surface area (Å²) in [6.45, 7) is 2.76. The van der Waals surface area contributed by atoms with Gasteiger partial charge in [0.2, 0.25) is 5.91 Å². The van der Waals surface area contributed by atoms with Crippen molar-refractivity contribution in [3.63, 3.8) is 0 Å². The molecule has 0 unspecified atom stereocenters. The molecule has 0 aliphatic carbocycles. The van der Waals surface area contributed by atoms with Crippen molar-refractivity contribution in [3.8, 4) is 11.4 Å². The third kappa shape index (κ3) is 4.85. The number of benzene rings is 2. The van der Waals surface area contributed by atoms with Crippen molar-refractivity contribution >= 4 is 40.6 Å². The van der Waals surface area contributed by atoms with Crippen LogP contribution in [0.1, 0.15) is 6.92 Å². The van der Waals surface area contributed by atoms with E-state index in [1.807, 2.05) is 42.6 Å². The van der Waals surface area contributed by atoms with Gasteiger partial charge in [-0.2, -0.15) is 0 Å². The normalized spacial score (nSPS) is 10.7. The Morgan fingerprint density at radius 3 is 2.57 bits per heavy atom. The van der Waals surface area contributed by atoms with E-state index in [1.165, 1.54) is 11.8 Å². The molecule has 28 heavy (non-hydrogen) atoms. The van der Waals surface area contributed by atoms with Crippen LogP contribution in [0.25, 0.3) is 11.4 Å². The smallest absolute Gasteiger partial charge is 0.234 e. The summed E-state index contributed by atoms with van der Waals surface area (Å²) in [6, 6.07) is 15.3. The first-order valence-corrected chi connectivity index (χ1v) is 10.2. The van der Waals surface area contributed by atoms with Crippen LogP contribution < -0.4 is 10.2 Å². The van der Waals surface area contributed by atoms with Crippen molar-refractivity contribution in [1.29, 1.82) is 0 Å². The molecular formula is C20H22ClN5OS. The Hall–Kier alpha value is -2.51. The molecule has 0 saturated heterocycles. The highest BCUT2D eigenvalue weighted by Crippen LogP contribution is 2.26. The predicted molar refractivity (Wildman–Crippen MR) is 116 cm³/mol. The molecule has 0 fully saturated rings. The van der Waals surface area contributed by atoms with Crippen LogP contribution in [0.3, 0.4) is 0 Å². The number of carbonyl (C=O) groups excluding carboxylic acids is 1. The van der Waals surface area contributed by atoms with Crippen molar-refractivity contribution in [3.05, 3.63) is 53.6 Å². The number of anilines is 2. The first-order valence-electron chi connectivity index (χ1n) is 8.87. The second-order valence-electron chi connectivity index (χ2n) is 6.34. The number of amides is 1. The van der Waals surface area contributed by atoms with E-state index < -0.39 is 0 Å². The maximum atomic E-state index is 12.2. The zero-order chi connectivity index (χ0) is 20.1. The van der Waals surface area contributed by atoms with Crippen LogP contribution in [0.5, 0.6) is 0 Å². The molecule has 0 atom stereocenters. The maximum absolute atomic E-state index is 12.2. The number of hydrogen-bond donors (Lipinski definition) is 1. The predicted octanol–water partition coefficient (Wildman–Crippen LogP) is 4.42. The monoisotopic (exact) mass is 415 g/mol. The summed E-state index contributed by atoms with van der Waals surface area (Å²) in [7, 11) is 4.01. The van der Waals surface area contributed by atoms with E-state index in [9.17, 15) is 4.79 Å². The molecule has 0 bridgehead atoms. The molecule has 8 heteroatoms. The summed E-state index contributed by atoms with van der Waals surface area (Å²) in [4.78, 5) is 14.3. The molecule has 1 heterocycles. The van der Waals surface area contributed by atoms with Gasteiger partial charge < -0.3 is 14.8 Å². The van der Waals surface area contributed by atoms with E-state index in [4.69, 9.17) is 11.6 Å². The highest BCUT2D eigenvalue weighted by Gasteiger charge is 2.15. The quantitative estimate of drug-likeness (QED) is 0.579. The van der Waals surface area contributed by atoms with Gasteiger partial charge in [0.1, 0.15) is 0 Å². The summed E-state index contributed by atoms with van der Waals surface area (Å²) in [5.74, 6) is 0.921. The number of hydrogen-bond acceptors (Lipinski definition) is 5. The van der Waals surface area contributed by atoms with Crippen LogP contribution >= 0.6 is 23.4 Å². The van der Waals surface area contributed by atoms with Crippen LogP contribution in [-0.4, -0.2) is 40.5 Å². The molecule has 0 aliphatic heterocycles. The Kier molecular flexibility index (Phi) is 6.59. The number of nitrogens with one attached hydrogen (secondary N) is 1. The van der Waals surface area contributed by atoms with Crippen LogP contribution in [0.15, 0.2) is 53.7 Å². The molecule has 0 radical (unpaired) electrons. The maximum Gasteiger partial charge on any atom is 0.234 e. The van der Waals surface area contributed by atoms with Gasteiger partial charge in [-0.05, 0) is 49.4 Å². The fourth-order valence-corrected chi connectivity index (χ4v) is 3.69. The Balaban J connectivity index is 1.69. The molecule has 1 N–H and O–H groups in total.